The zero-order chi connectivity index (χ0) is 29.9. The summed E-state index contributed by atoms with van der Waals surface area (Å²) in [4.78, 5) is 11.5. The maximum Gasteiger partial charge on any atom is 0.305 e. The first-order chi connectivity index (χ1) is 18.4. The number of allylic oxidation sites excluding steroid dienone is 2. The fourth-order valence-electron chi connectivity index (χ4n) is 6.58. The largest absolute Gasteiger partial charge is 0.469 e. The van der Waals surface area contributed by atoms with E-state index in [0.717, 1.165) is 12.8 Å². The van der Waals surface area contributed by atoms with Crippen LogP contribution in [0.4, 0.5) is 0 Å². The van der Waals surface area contributed by atoms with Gasteiger partial charge in [0.25, 0.3) is 0 Å². The van der Waals surface area contributed by atoms with Gasteiger partial charge >= 0.3 is 5.97 Å². The first kappa shape index (κ1) is 33.8. The van der Waals surface area contributed by atoms with Crippen molar-refractivity contribution in [3.8, 4) is 0 Å². The van der Waals surface area contributed by atoms with Gasteiger partial charge in [0.1, 0.15) is 0 Å². The maximum atomic E-state index is 11.5. The van der Waals surface area contributed by atoms with Gasteiger partial charge in [-0.25, -0.2) is 0 Å². The van der Waals surface area contributed by atoms with E-state index < -0.39 is 16.6 Å². The molecule has 0 bridgehead atoms. The zero-order valence-electron chi connectivity index (χ0n) is 27.9. The Morgan fingerprint density at radius 3 is 2.17 bits per heavy atom. The molecule has 4 nitrogen and oxygen atoms in total. The molecule has 6 heteroatoms. The molecule has 0 saturated heterocycles. The van der Waals surface area contributed by atoms with Crippen LogP contribution >= 0.6 is 0 Å². The molecule has 0 amide bonds. The Hall–Kier alpha value is -0.696. The molecule has 0 heterocycles. The van der Waals surface area contributed by atoms with Crippen molar-refractivity contribution >= 4 is 22.6 Å². The van der Waals surface area contributed by atoms with Gasteiger partial charge in [-0.15, -0.1) is 0 Å². The Bertz CT molecular complexity index is 902. The van der Waals surface area contributed by atoms with Crippen LogP contribution < -0.4 is 0 Å². The van der Waals surface area contributed by atoms with Crippen LogP contribution in [0, 0.1) is 23.7 Å². The smallest absolute Gasteiger partial charge is 0.305 e. The Morgan fingerprint density at radius 1 is 0.975 bits per heavy atom. The highest BCUT2D eigenvalue weighted by Gasteiger charge is 2.50. The predicted octanol–water partition coefficient (Wildman–Crippen LogP) is 9.83. The number of fused-ring (bicyclic) bond motifs is 1. The van der Waals surface area contributed by atoms with Crippen LogP contribution in [0.25, 0.3) is 0 Å². The molecular weight excluding hydrogens is 529 g/mol. The molecular formula is C34H62O4Si2. The van der Waals surface area contributed by atoms with E-state index in [1.807, 2.05) is 0 Å². The lowest BCUT2D eigenvalue weighted by molar-refractivity contribution is -0.140. The van der Waals surface area contributed by atoms with Crippen LogP contribution in [0.5, 0.6) is 0 Å². The van der Waals surface area contributed by atoms with Gasteiger partial charge in [0, 0.05) is 12.3 Å². The summed E-state index contributed by atoms with van der Waals surface area (Å²) in [5.74, 6) is 2.34. The number of carbonyl (C=O) groups is 1. The van der Waals surface area contributed by atoms with E-state index in [-0.39, 0.29) is 22.1 Å². The van der Waals surface area contributed by atoms with E-state index in [2.05, 4.69) is 86.0 Å². The number of ether oxygens (including phenoxy) is 1. The molecule has 0 aromatic carbocycles. The molecule has 0 radical (unpaired) electrons. The Morgan fingerprint density at radius 2 is 1.60 bits per heavy atom. The molecule has 0 spiro atoms. The summed E-state index contributed by atoms with van der Waals surface area (Å²) in [6.45, 7) is 23.8. The van der Waals surface area contributed by atoms with Gasteiger partial charge in [0.2, 0.25) is 0 Å². The van der Waals surface area contributed by atoms with E-state index in [1.54, 1.807) is 5.57 Å². The second kappa shape index (κ2) is 13.3. The normalized spacial score (nSPS) is 28.5. The summed E-state index contributed by atoms with van der Waals surface area (Å²) in [5, 5.41) is 0.421. The van der Waals surface area contributed by atoms with Crippen LogP contribution in [0.2, 0.25) is 36.3 Å². The molecule has 0 aliphatic heterocycles. The third kappa shape index (κ3) is 8.44. The van der Waals surface area contributed by atoms with Crippen molar-refractivity contribution in [2.24, 2.45) is 23.7 Å². The molecule has 230 valence electrons. The lowest BCUT2D eigenvalue weighted by atomic mass is 9.89. The van der Waals surface area contributed by atoms with E-state index in [9.17, 15) is 4.79 Å². The molecule has 0 unspecified atom stereocenters. The third-order valence-corrected chi connectivity index (χ3v) is 20.2. The molecule has 3 rings (SSSR count). The highest BCUT2D eigenvalue weighted by atomic mass is 28.4. The molecule has 5 atom stereocenters. The minimum Gasteiger partial charge on any atom is -0.469 e. The average molecular weight is 591 g/mol. The van der Waals surface area contributed by atoms with Gasteiger partial charge in [-0.2, -0.15) is 0 Å². The fourth-order valence-corrected chi connectivity index (χ4v) is 9.25. The van der Waals surface area contributed by atoms with E-state index >= 15 is 0 Å². The van der Waals surface area contributed by atoms with Crippen LogP contribution in [0.15, 0.2) is 23.8 Å². The monoisotopic (exact) mass is 590 g/mol. The highest BCUT2D eigenvalue weighted by molar-refractivity contribution is 6.74. The predicted molar refractivity (Wildman–Crippen MR) is 174 cm³/mol. The average Bonchev–Trinajstić information content (AvgIpc) is 3.55. The standard InChI is InChI=1S/C34H62O4Si2/c1-33(2,3)39(8,9)37-30(26-17-13-14-18-26)21-20-28-29-23-25(16-12-15-19-32(35)36-7)22-27(29)24-31(28)38-40(10,11)34(4,5)6/h16,20-21,26-31H,12-15,17-19,22-24H2,1-11H3/b21-20-,25-16+/t27-,28-,29-,30+,31+/m0/s1. The van der Waals surface area contributed by atoms with Crippen molar-refractivity contribution in [2.75, 3.05) is 7.11 Å². The number of rotatable bonds is 11. The number of carbonyl (C=O) groups excluding carboxylic acids is 1. The highest BCUT2D eigenvalue weighted by Crippen LogP contribution is 2.53. The number of esters is 1. The molecule has 3 aliphatic rings. The lowest BCUT2D eigenvalue weighted by Crippen LogP contribution is -2.45. The van der Waals surface area contributed by atoms with E-state index in [1.165, 1.54) is 52.1 Å². The molecule has 0 aromatic heterocycles. The topological polar surface area (TPSA) is 44.8 Å². The summed E-state index contributed by atoms with van der Waals surface area (Å²) >= 11 is 0. The maximum absolute atomic E-state index is 11.5. The summed E-state index contributed by atoms with van der Waals surface area (Å²) in [5.41, 5.74) is 1.59. The Balaban J connectivity index is 1.82. The minimum absolute atomic E-state index is 0.103. The van der Waals surface area contributed by atoms with E-state index in [0.29, 0.717) is 36.2 Å². The molecule has 3 fully saturated rings. The summed E-state index contributed by atoms with van der Waals surface area (Å²) in [7, 11) is -2.28. The van der Waals surface area contributed by atoms with Crippen molar-refractivity contribution in [2.45, 2.75) is 154 Å². The molecule has 0 aromatic rings. The first-order valence-electron chi connectivity index (χ1n) is 16.2. The van der Waals surface area contributed by atoms with Crippen LogP contribution in [0.1, 0.15) is 106 Å². The zero-order valence-corrected chi connectivity index (χ0v) is 29.9. The van der Waals surface area contributed by atoms with Crippen LogP contribution in [0.3, 0.4) is 0 Å². The van der Waals surface area contributed by atoms with Crippen molar-refractivity contribution in [1.82, 2.24) is 0 Å². The van der Waals surface area contributed by atoms with Gasteiger partial charge in [-0.1, -0.05) is 78.2 Å². The number of hydrogen-bond acceptors (Lipinski definition) is 4. The molecule has 0 N–H and O–H groups in total. The Labute approximate surface area is 249 Å². The van der Waals surface area contributed by atoms with Gasteiger partial charge in [-0.05, 0) is 99.0 Å². The lowest BCUT2D eigenvalue weighted by Gasteiger charge is -2.41. The summed E-state index contributed by atoms with van der Waals surface area (Å²) in [6.07, 6.45) is 19.2. The van der Waals surface area contributed by atoms with Crippen molar-refractivity contribution in [3.63, 3.8) is 0 Å². The molecule has 3 saturated carbocycles. The summed E-state index contributed by atoms with van der Waals surface area (Å²) in [6, 6.07) is 0. The quantitative estimate of drug-likeness (QED) is 0.104. The Kier molecular flexibility index (Phi) is 11.2. The summed E-state index contributed by atoms with van der Waals surface area (Å²) < 4.78 is 19.1. The van der Waals surface area contributed by atoms with Crippen molar-refractivity contribution in [3.05, 3.63) is 23.8 Å². The van der Waals surface area contributed by atoms with Gasteiger partial charge in [0.15, 0.2) is 16.6 Å². The number of unbranched alkanes of at least 4 members (excludes halogenated alkanes) is 1. The van der Waals surface area contributed by atoms with Crippen molar-refractivity contribution < 1.29 is 18.4 Å². The van der Waals surface area contributed by atoms with E-state index in [4.69, 9.17) is 13.6 Å². The van der Waals surface area contributed by atoms with Crippen LogP contribution in [-0.2, 0) is 18.4 Å². The second-order valence-corrected chi connectivity index (χ2v) is 25.7. The molecule has 3 aliphatic carbocycles. The SMILES string of the molecule is COC(=O)CCC/C=C1\C[C@H]2C[C@@H](O[Si](C)(C)C(C)(C)C)[C@@H](/C=C\[C@@H](O[Si](C)(C)C(C)(C)C)C3CCCC3)[C@H]2C1. The number of methoxy groups -OCH3 is 1. The van der Waals surface area contributed by atoms with Gasteiger partial charge < -0.3 is 13.6 Å². The second-order valence-electron chi connectivity index (χ2n) is 16.2. The van der Waals surface area contributed by atoms with Gasteiger partial charge in [0.05, 0.1) is 19.3 Å². The van der Waals surface area contributed by atoms with Crippen molar-refractivity contribution in [1.29, 1.82) is 0 Å². The first-order valence-corrected chi connectivity index (χ1v) is 22.1. The minimum atomic E-state index is -1.88. The van der Waals surface area contributed by atoms with Gasteiger partial charge in [-0.3, -0.25) is 4.79 Å². The number of hydrogen-bond donors (Lipinski definition) is 0. The third-order valence-electron chi connectivity index (χ3n) is 11.2. The fraction of sp³-hybridized carbons (Fsp3) is 0.853. The molecule has 40 heavy (non-hydrogen) atoms. The van der Waals surface area contributed by atoms with Crippen LogP contribution in [-0.4, -0.2) is 41.9 Å².